The van der Waals surface area contributed by atoms with Gasteiger partial charge in [0.05, 0.1) is 11.0 Å². The van der Waals surface area contributed by atoms with Crippen LogP contribution >= 0.6 is 24.0 Å². The van der Waals surface area contributed by atoms with Crippen LogP contribution in [-0.4, -0.2) is 35.0 Å². The Morgan fingerprint density at radius 3 is 2.70 bits per heavy atom. The summed E-state index contributed by atoms with van der Waals surface area (Å²) in [6.45, 7) is 5.87. The number of anilines is 1. The summed E-state index contributed by atoms with van der Waals surface area (Å²) < 4.78 is 2.25. The zero-order valence-electron chi connectivity index (χ0n) is 17.6. The molecule has 1 heterocycles. The molecule has 0 bridgehead atoms. The maximum Gasteiger partial charge on any atom is 0.221 e. The highest BCUT2D eigenvalue weighted by Gasteiger charge is 2.06. The Morgan fingerprint density at radius 1 is 1.13 bits per heavy atom. The van der Waals surface area contributed by atoms with E-state index in [1.165, 1.54) is 12.4 Å². The zero-order chi connectivity index (χ0) is 20.6. The van der Waals surface area contributed by atoms with Crippen molar-refractivity contribution < 1.29 is 4.79 Å². The average molecular weight is 520 g/mol. The first-order chi connectivity index (χ1) is 14.1. The maximum atomic E-state index is 11.2. The SMILES string of the molecule is CN=C(NCCCn1c(C)nc2ccccc21)NCc1cccc(NC(C)=O)c1.I. The Labute approximate surface area is 194 Å². The normalized spacial score (nSPS) is 11.1. The molecule has 3 N–H and O–H groups in total. The number of rotatable bonds is 7. The third-order valence-corrected chi connectivity index (χ3v) is 4.63. The quantitative estimate of drug-likeness (QED) is 0.192. The minimum absolute atomic E-state index is 0. The van der Waals surface area contributed by atoms with Gasteiger partial charge in [0, 0.05) is 39.3 Å². The molecule has 0 atom stereocenters. The lowest BCUT2D eigenvalue weighted by molar-refractivity contribution is -0.114. The van der Waals surface area contributed by atoms with Crippen molar-refractivity contribution in [2.24, 2.45) is 4.99 Å². The van der Waals surface area contributed by atoms with E-state index in [1.807, 2.05) is 49.4 Å². The average Bonchev–Trinajstić information content (AvgIpc) is 3.02. The monoisotopic (exact) mass is 520 g/mol. The molecule has 0 fully saturated rings. The lowest BCUT2D eigenvalue weighted by Crippen LogP contribution is -2.37. The molecule has 0 radical (unpaired) electrons. The Hall–Kier alpha value is -2.62. The molecule has 3 aromatic rings. The minimum Gasteiger partial charge on any atom is -0.356 e. The van der Waals surface area contributed by atoms with Crippen LogP contribution in [-0.2, 0) is 17.9 Å². The Bertz CT molecular complexity index is 1010. The van der Waals surface area contributed by atoms with Gasteiger partial charge in [-0.25, -0.2) is 4.98 Å². The van der Waals surface area contributed by atoms with Gasteiger partial charge in [-0.15, -0.1) is 24.0 Å². The predicted octanol–water partition coefficient (Wildman–Crippen LogP) is 3.68. The fourth-order valence-electron chi connectivity index (χ4n) is 3.29. The first kappa shape index (κ1) is 23.7. The molecule has 1 aromatic heterocycles. The number of aliphatic imine (C=N–C) groups is 1. The van der Waals surface area contributed by atoms with Crippen molar-refractivity contribution in [3.8, 4) is 0 Å². The number of hydrogen-bond acceptors (Lipinski definition) is 3. The van der Waals surface area contributed by atoms with E-state index in [9.17, 15) is 4.79 Å². The molecule has 0 unspecified atom stereocenters. The number of fused-ring (bicyclic) bond motifs is 1. The second kappa shape index (κ2) is 11.5. The second-order valence-corrected chi connectivity index (χ2v) is 6.89. The van der Waals surface area contributed by atoms with Crippen molar-refractivity contribution in [3.63, 3.8) is 0 Å². The summed E-state index contributed by atoms with van der Waals surface area (Å²) in [5.74, 6) is 1.71. The van der Waals surface area contributed by atoms with Crippen LogP contribution in [0.25, 0.3) is 11.0 Å². The Balaban J connectivity index is 0.00000320. The number of imidazole rings is 1. The van der Waals surface area contributed by atoms with Crippen molar-refractivity contribution in [2.75, 3.05) is 18.9 Å². The maximum absolute atomic E-state index is 11.2. The van der Waals surface area contributed by atoms with E-state index in [-0.39, 0.29) is 29.9 Å². The number of halogens is 1. The Kier molecular flexibility index (Phi) is 9.10. The summed E-state index contributed by atoms with van der Waals surface area (Å²) in [6.07, 6.45) is 0.958. The largest absolute Gasteiger partial charge is 0.356 e. The number of amides is 1. The topological polar surface area (TPSA) is 83.3 Å². The third kappa shape index (κ3) is 6.45. The van der Waals surface area contributed by atoms with E-state index in [4.69, 9.17) is 0 Å². The van der Waals surface area contributed by atoms with E-state index < -0.39 is 0 Å². The summed E-state index contributed by atoms with van der Waals surface area (Å²) in [4.78, 5) is 20.1. The number of carbonyl (C=O) groups excluding carboxylic acids is 1. The van der Waals surface area contributed by atoms with Gasteiger partial charge in [0.25, 0.3) is 0 Å². The molecule has 7 nitrogen and oxygen atoms in total. The van der Waals surface area contributed by atoms with Crippen molar-refractivity contribution in [2.45, 2.75) is 33.4 Å². The molecule has 2 aromatic carbocycles. The zero-order valence-corrected chi connectivity index (χ0v) is 19.9. The molecule has 0 aliphatic rings. The van der Waals surface area contributed by atoms with Crippen molar-refractivity contribution >= 4 is 52.6 Å². The number of aryl methyl sites for hydroxylation is 2. The number of aromatic nitrogens is 2. The van der Waals surface area contributed by atoms with Gasteiger partial charge in [-0.3, -0.25) is 9.79 Å². The summed E-state index contributed by atoms with van der Waals surface area (Å²) in [5.41, 5.74) is 4.07. The summed E-state index contributed by atoms with van der Waals surface area (Å²) >= 11 is 0. The van der Waals surface area contributed by atoms with E-state index in [0.29, 0.717) is 6.54 Å². The Morgan fingerprint density at radius 2 is 1.93 bits per heavy atom. The van der Waals surface area contributed by atoms with Crippen LogP contribution in [0.4, 0.5) is 5.69 Å². The minimum atomic E-state index is -0.0755. The van der Waals surface area contributed by atoms with Crippen LogP contribution in [0.2, 0.25) is 0 Å². The van der Waals surface area contributed by atoms with Crippen LogP contribution in [0.15, 0.2) is 53.5 Å². The van der Waals surface area contributed by atoms with Gasteiger partial charge in [-0.05, 0) is 43.2 Å². The lowest BCUT2D eigenvalue weighted by atomic mass is 10.2. The van der Waals surface area contributed by atoms with Crippen molar-refractivity contribution in [1.29, 1.82) is 0 Å². The molecule has 1 amide bonds. The van der Waals surface area contributed by atoms with Gasteiger partial charge < -0.3 is 20.5 Å². The second-order valence-electron chi connectivity index (χ2n) is 6.89. The molecule has 8 heteroatoms. The molecule has 160 valence electrons. The lowest BCUT2D eigenvalue weighted by Gasteiger charge is -2.13. The standard InChI is InChI=1S/C22H28N6O.HI/c1-16-26-20-10-4-5-11-21(20)28(16)13-7-12-24-22(23-3)25-15-18-8-6-9-19(14-18)27-17(2)29;/h4-6,8-11,14H,7,12-13,15H2,1-3H3,(H,27,29)(H2,23,24,25);1H. The molecule has 0 spiro atoms. The van der Waals surface area contributed by atoms with Crippen LogP contribution < -0.4 is 16.0 Å². The fourth-order valence-corrected chi connectivity index (χ4v) is 3.29. The molecular weight excluding hydrogens is 491 g/mol. The predicted molar refractivity (Wildman–Crippen MR) is 133 cm³/mol. The van der Waals surface area contributed by atoms with Gasteiger partial charge in [-0.2, -0.15) is 0 Å². The van der Waals surface area contributed by atoms with Crippen LogP contribution in [0.5, 0.6) is 0 Å². The summed E-state index contributed by atoms with van der Waals surface area (Å²) in [5, 5.41) is 9.46. The summed E-state index contributed by atoms with van der Waals surface area (Å²) in [7, 11) is 1.76. The molecule has 0 aliphatic heterocycles. The summed E-state index contributed by atoms with van der Waals surface area (Å²) in [6, 6.07) is 16.0. The van der Waals surface area contributed by atoms with Gasteiger partial charge >= 0.3 is 0 Å². The van der Waals surface area contributed by atoms with Gasteiger partial charge in [0.2, 0.25) is 5.91 Å². The van der Waals surface area contributed by atoms with Gasteiger partial charge in [-0.1, -0.05) is 24.3 Å². The number of guanidine groups is 1. The highest BCUT2D eigenvalue weighted by atomic mass is 127. The van der Waals surface area contributed by atoms with Crippen LogP contribution in [0.1, 0.15) is 24.7 Å². The van der Waals surface area contributed by atoms with Crippen LogP contribution in [0.3, 0.4) is 0 Å². The van der Waals surface area contributed by atoms with E-state index >= 15 is 0 Å². The molecule has 30 heavy (non-hydrogen) atoms. The van der Waals surface area contributed by atoms with Crippen LogP contribution in [0, 0.1) is 6.92 Å². The third-order valence-electron chi connectivity index (χ3n) is 4.63. The number of hydrogen-bond donors (Lipinski definition) is 3. The van der Waals surface area contributed by atoms with E-state index in [1.54, 1.807) is 7.05 Å². The first-order valence-corrected chi connectivity index (χ1v) is 9.79. The number of benzene rings is 2. The highest BCUT2D eigenvalue weighted by molar-refractivity contribution is 14.0. The molecule has 0 saturated heterocycles. The van der Waals surface area contributed by atoms with Gasteiger partial charge in [0.15, 0.2) is 5.96 Å². The molecule has 3 rings (SSSR count). The number of carbonyl (C=O) groups is 1. The molecule has 0 saturated carbocycles. The highest BCUT2D eigenvalue weighted by Crippen LogP contribution is 2.15. The smallest absolute Gasteiger partial charge is 0.221 e. The number of para-hydroxylation sites is 2. The van der Waals surface area contributed by atoms with Crippen molar-refractivity contribution in [1.82, 2.24) is 20.2 Å². The number of nitrogens with one attached hydrogen (secondary N) is 3. The van der Waals surface area contributed by atoms with Crippen molar-refractivity contribution in [3.05, 3.63) is 59.9 Å². The molecule has 0 aliphatic carbocycles. The van der Waals surface area contributed by atoms with Gasteiger partial charge in [0.1, 0.15) is 5.82 Å². The fraction of sp³-hybridized carbons (Fsp3) is 0.318. The molecular formula is C22H29IN6O. The van der Waals surface area contributed by atoms with E-state index in [0.717, 1.165) is 48.1 Å². The van der Waals surface area contributed by atoms with E-state index in [2.05, 4.69) is 36.6 Å². The number of nitrogens with zero attached hydrogens (tertiary/aromatic N) is 3. The first-order valence-electron chi connectivity index (χ1n) is 9.79.